The molecular weight excluding hydrogens is 283 g/mol. The van der Waals surface area contributed by atoms with Crippen LogP contribution in [0.1, 0.15) is 31.2 Å². The summed E-state index contributed by atoms with van der Waals surface area (Å²) in [4.78, 5) is 2.33. The van der Waals surface area contributed by atoms with Crippen LogP contribution in [0.5, 0.6) is 5.75 Å². The van der Waals surface area contributed by atoms with Crippen molar-refractivity contribution in [3.63, 3.8) is 0 Å². The van der Waals surface area contributed by atoms with E-state index in [2.05, 4.69) is 9.64 Å². The molecule has 1 aromatic carbocycles. The van der Waals surface area contributed by atoms with Crippen molar-refractivity contribution in [2.45, 2.75) is 44.6 Å². The van der Waals surface area contributed by atoms with Crippen molar-refractivity contribution in [2.24, 2.45) is 0 Å². The Bertz CT molecular complexity index is 434. The number of benzene rings is 1. The molecule has 118 valence electrons. The number of rotatable bonds is 6. The molecule has 1 heterocycles. The van der Waals surface area contributed by atoms with Crippen LogP contribution in [0.2, 0.25) is 0 Å². The Morgan fingerprint density at radius 2 is 1.95 bits per heavy atom. The first-order valence-electron chi connectivity index (χ1n) is 7.17. The number of aliphatic hydroxyl groups excluding tert-OH is 1. The third kappa shape index (κ3) is 5.21. The van der Waals surface area contributed by atoms with Gasteiger partial charge in [0.25, 0.3) is 0 Å². The fourth-order valence-corrected chi connectivity index (χ4v) is 2.79. The van der Waals surface area contributed by atoms with Gasteiger partial charge in [-0.1, -0.05) is 12.1 Å². The van der Waals surface area contributed by atoms with E-state index in [9.17, 15) is 13.2 Å². The van der Waals surface area contributed by atoms with Gasteiger partial charge in [0.2, 0.25) is 0 Å². The number of likely N-dealkylation sites (tertiary alicyclic amines) is 1. The maximum atomic E-state index is 12.1. The van der Waals surface area contributed by atoms with Crippen LogP contribution in [0.4, 0.5) is 13.2 Å². The second-order valence-corrected chi connectivity index (χ2v) is 5.32. The summed E-state index contributed by atoms with van der Waals surface area (Å²) < 4.78 is 40.1. The normalized spacial score (nSPS) is 19.9. The first kappa shape index (κ1) is 16.1. The van der Waals surface area contributed by atoms with Crippen LogP contribution in [0.25, 0.3) is 0 Å². The Morgan fingerprint density at radius 3 is 2.57 bits per heavy atom. The minimum atomic E-state index is -4.65. The molecule has 0 aromatic heterocycles. The maximum absolute atomic E-state index is 12.1. The summed E-state index contributed by atoms with van der Waals surface area (Å²) in [5.41, 5.74) is 0.973. The molecule has 0 amide bonds. The number of ether oxygens (including phenoxy) is 1. The Balaban J connectivity index is 1.90. The largest absolute Gasteiger partial charge is 0.573 e. The molecule has 1 fully saturated rings. The molecule has 0 saturated carbocycles. The summed E-state index contributed by atoms with van der Waals surface area (Å²) in [5, 5.41) is 8.90. The standard InChI is InChI=1S/C15H20F3NO2/c16-15(17,18)21-14-7-5-12(6-8-14)11-19-9-1-3-13(19)4-2-10-20/h5-8,13,20H,1-4,9-11H2. The number of hydrogen-bond acceptors (Lipinski definition) is 3. The lowest BCUT2D eigenvalue weighted by Crippen LogP contribution is -2.29. The molecule has 0 bridgehead atoms. The molecule has 0 spiro atoms. The highest BCUT2D eigenvalue weighted by Crippen LogP contribution is 2.26. The zero-order chi connectivity index (χ0) is 15.3. The average molecular weight is 303 g/mol. The third-order valence-electron chi connectivity index (χ3n) is 3.74. The SMILES string of the molecule is OCCCC1CCCN1Cc1ccc(OC(F)(F)F)cc1. The molecule has 1 aliphatic heterocycles. The van der Waals surface area contributed by atoms with Crippen molar-refractivity contribution in [3.05, 3.63) is 29.8 Å². The topological polar surface area (TPSA) is 32.7 Å². The first-order valence-corrected chi connectivity index (χ1v) is 7.17. The second-order valence-electron chi connectivity index (χ2n) is 5.32. The van der Waals surface area contributed by atoms with E-state index in [1.807, 2.05) is 0 Å². The summed E-state index contributed by atoms with van der Waals surface area (Å²) in [5.74, 6) is -0.190. The van der Waals surface area contributed by atoms with Crippen molar-refractivity contribution in [3.8, 4) is 5.75 Å². The molecule has 1 N–H and O–H groups in total. The van der Waals surface area contributed by atoms with Crippen molar-refractivity contribution in [2.75, 3.05) is 13.2 Å². The number of hydrogen-bond donors (Lipinski definition) is 1. The van der Waals surface area contributed by atoms with Crippen LogP contribution in [-0.4, -0.2) is 35.6 Å². The lowest BCUT2D eigenvalue weighted by atomic mass is 10.1. The van der Waals surface area contributed by atoms with Gasteiger partial charge in [-0.25, -0.2) is 0 Å². The lowest BCUT2D eigenvalue weighted by molar-refractivity contribution is -0.274. The summed E-state index contributed by atoms with van der Waals surface area (Å²) >= 11 is 0. The van der Waals surface area contributed by atoms with Gasteiger partial charge in [0, 0.05) is 19.2 Å². The Hall–Kier alpha value is -1.27. The van der Waals surface area contributed by atoms with Crippen molar-refractivity contribution >= 4 is 0 Å². The highest BCUT2D eigenvalue weighted by molar-refractivity contribution is 5.27. The molecule has 0 aliphatic carbocycles. The number of alkyl halides is 3. The Kier molecular flexibility index (Phi) is 5.47. The maximum Gasteiger partial charge on any atom is 0.573 e. The monoisotopic (exact) mass is 303 g/mol. The van der Waals surface area contributed by atoms with Gasteiger partial charge in [-0.2, -0.15) is 0 Å². The minimum absolute atomic E-state index is 0.190. The van der Waals surface area contributed by atoms with E-state index in [4.69, 9.17) is 5.11 Å². The van der Waals surface area contributed by atoms with Crippen LogP contribution < -0.4 is 4.74 Å². The van der Waals surface area contributed by atoms with E-state index in [-0.39, 0.29) is 12.4 Å². The van der Waals surface area contributed by atoms with Crippen LogP contribution in [0.15, 0.2) is 24.3 Å². The highest BCUT2D eigenvalue weighted by atomic mass is 19.4. The van der Waals surface area contributed by atoms with E-state index in [0.29, 0.717) is 6.04 Å². The van der Waals surface area contributed by atoms with Gasteiger partial charge < -0.3 is 9.84 Å². The van der Waals surface area contributed by atoms with E-state index >= 15 is 0 Å². The van der Waals surface area contributed by atoms with Crippen LogP contribution in [0, 0.1) is 0 Å². The smallest absolute Gasteiger partial charge is 0.406 e. The molecule has 3 nitrogen and oxygen atoms in total. The molecule has 21 heavy (non-hydrogen) atoms. The molecule has 2 rings (SSSR count). The highest BCUT2D eigenvalue weighted by Gasteiger charge is 2.31. The van der Waals surface area contributed by atoms with Gasteiger partial charge in [0.05, 0.1) is 0 Å². The second kappa shape index (κ2) is 7.13. The van der Waals surface area contributed by atoms with Crippen LogP contribution >= 0.6 is 0 Å². The van der Waals surface area contributed by atoms with Gasteiger partial charge >= 0.3 is 6.36 Å². The number of halogens is 3. The fourth-order valence-electron chi connectivity index (χ4n) is 2.79. The molecule has 1 atom stereocenters. The minimum Gasteiger partial charge on any atom is -0.406 e. The average Bonchev–Trinajstić information content (AvgIpc) is 2.84. The van der Waals surface area contributed by atoms with Crippen molar-refractivity contribution in [1.29, 1.82) is 0 Å². The van der Waals surface area contributed by atoms with Gasteiger partial charge in [-0.05, 0) is 49.9 Å². The summed E-state index contributed by atoms with van der Waals surface area (Å²) in [6.07, 6.45) is -0.641. The zero-order valence-electron chi connectivity index (χ0n) is 11.8. The van der Waals surface area contributed by atoms with Gasteiger partial charge in [-0.15, -0.1) is 13.2 Å². The molecule has 6 heteroatoms. The summed E-state index contributed by atoms with van der Waals surface area (Å²) in [6.45, 7) is 1.92. The predicted molar refractivity (Wildman–Crippen MR) is 72.9 cm³/mol. The Labute approximate surface area is 122 Å². The molecule has 1 saturated heterocycles. The predicted octanol–water partition coefficient (Wildman–Crippen LogP) is 3.32. The van der Waals surface area contributed by atoms with Gasteiger partial charge in [0.15, 0.2) is 0 Å². The number of aliphatic hydroxyl groups is 1. The van der Waals surface area contributed by atoms with Crippen molar-refractivity contribution in [1.82, 2.24) is 4.90 Å². The van der Waals surface area contributed by atoms with E-state index < -0.39 is 6.36 Å². The summed E-state index contributed by atoms with van der Waals surface area (Å²) in [7, 11) is 0. The van der Waals surface area contributed by atoms with Crippen LogP contribution in [-0.2, 0) is 6.54 Å². The van der Waals surface area contributed by atoms with Crippen molar-refractivity contribution < 1.29 is 23.0 Å². The third-order valence-corrected chi connectivity index (χ3v) is 3.74. The van der Waals surface area contributed by atoms with E-state index in [1.165, 1.54) is 12.1 Å². The lowest BCUT2D eigenvalue weighted by Gasteiger charge is -2.24. The van der Waals surface area contributed by atoms with Gasteiger partial charge in [0.1, 0.15) is 5.75 Å². The van der Waals surface area contributed by atoms with E-state index in [0.717, 1.165) is 44.3 Å². The van der Waals surface area contributed by atoms with E-state index in [1.54, 1.807) is 12.1 Å². The molecule has 1 aliphatic rings. The Morgan fingerprint density at radius 1 is 1.24 bits per heavy atom. The molecule has 1 aromatic rings. The molecule has 1 unspecified atom stereocenters. The molecule has 0 radical (unpaired) electrons. The van der Waals surface area contributed by atoms with Gasteiger partial charge in [-0.3, -0.25) is 4.90 Å². The zero-order valence-corrected chi connectivity index (χ0v) is 11.8. The quantitative estimate of drug-likeness (QED) is 0.875. The van der Waals surface area contributed by atoms with Crippen LogP contribution in [0.3, 0.4) is 0 Å². The molecular formula is C15H20F3NO2. The first-order chi connectivity index (χ1) is 9.98. The summed E-state index contributed by atoms with van der Waals surface area (Å²) in [6, 6.07) is 6.50. The number of nitrogens with zero attached hydrogens (tertiary/aromatic N) is 1. The fraction of sp³-hybridized carbons (Fsp3) is 0.600.